The maximum atomic E-state index is 12.8. The third-order valence-electron chi connectivity index (χ3n) is 5.59. The van der Waals surface area contributed by atoms with Gasteiger partial charge in [0.05, 0.1) is 9.82 Å². The van der Waals surface area contributed by atoms with Crippen molar-refractivity contribution in [2.45, 2.75) is 17.7 Å². The Labute approximate surface area is 170 Å². The number of piperazine rings is 1. The molecule has 2 fully saturated rings. The molecule has 0 aromatic heterocycles. The molecule has 0 aliphatic carbocycles. The second kappa shape index (κ2) is 8.00. The highest BCUT2D eigenvalue weighted by molar-refractivity contribution is 7.89. The van der Waals surface area contributed by atoms with Crippen LogP contribution in [0.1, 0.15) is 12.8 Å². The third kappa shape index (κ3) is 3.92. The van der Waals surface area contributed by atoms with Gasteiger partial charge in [-0.2, -0.15) is 4.31 Å². The molecule has 0 N–H and O–H groups in total. The number of rotatable bonds is 5. The van der Waals surface area contributed by atoms with E-state index in [4.69, 9.17) is 0 Å². The van der Waals surface area contributed by atoms with Crippen LogP contribution in [0.2, 0.25) is 0 Å². The first-order valence-corrected chi connectivity index (χ1v) is 11.2. The largest absolute Gasteiger partial charge is 0.369 e. The van der Waals surface area contributed by atoms with Crippen LogP contribution in [0.25, 0.3) is 0 Å². The Morgan fingerprint density at radius 3 is 2.10 bits per heavy atom. The molecule has 2 aliphatic heterocycles. The summed E-state index contributed by atoms with van der Waals surface area (Å²) in [6, 6.07) is 13.7. The summed E-state index contributed by atoms with van der Waals surface area (Å²) in [5, 5.41) is 11.4. The summed E-state index contributed by atoms with van der Waals surface area (Å²) in [6.45, 7) is 3.51. The van der Waals surface area contributed by atoms with Gasteiger partial charge in [-0.3, -0.25) is 10.1 Å². The molecule has 0 radical (unpaired) electrons. The van der Waals surface area contributed by atoms with Gasteiger partial charge >= 0.3 is 0 Å². The summed E-state index contributed by atoms with van der Waals surface area (Å²) >= 11 is 0. The molecule has 2 heterocycles. The van der Waals surface area contributed by atoms with Crippen molar-refractivity contribution >= 4 is 27.1 Å². The minimum absolute atomic E-state index is 0.126. The first-order valence-electron chi connectivity index (χ1n) is 9.80. The van der Waals surface area contributed by atoms with Gasteiger partial charge in [0.15, 0.2) is 0 Å². The zero-order valence-electron chi connectivity index (χ0n) is 16.1. The topological polar surface area (TPSA) is 87.0 Å². The molecule has 8 nitrogen and oxygen atoms in total. The Morgan fingerprint density at radius 2 is 1.48 bits per heavy atom. The van der Waals surface area contributed by atoms with Crippen molar-refractivity contribution in [2.75, 3.05) is 49.1 Å². The Balaban J connectivity index is 1.51. The molecule has 0 spiro atoms. The average molecular weight is 417 g/mol. The quantitative estimate of drug-likeness (QED) is 0.550. The van der Waals surface area contributed by atoms with E-state index in [-0.39, 0.29) is 10.6 Å². The summed E-state index contributed by atoms with van der Waals surface area (Å²) in [5.74, 6) is 0. The van der Waals surface area contributed by atoms with Crippen LogP contribution in [0.3, 0.4) is 0 Å². The zero-order chi connectivity index (χ0) is 20.4. The number of hydrogen-bond acceptors (Lipinski definition) is 6. The predicted octanol–water partition coefficient (Wildman–Crippen LogP) is 2.71. The summed E-state index contributed by atoms with van der Waals surface area (Å²) in [4.78, 5) is 15.6. The van der Waals surface area contributed by atoms with Crippen LogP contribution in [0, 0.1) is 10.1 Å². The fraction of sp³-hybridized carbons (Fsp3) is 0.400. The van der Waals surface area contributed by atoms with E-state index in [0.29, 0.717) is 36.8 Å². The van der Waals surface area contributed by atoms with E-state index in [9.17, 15) is 18.5 Å². The van der Waals surface area contributed by atoms with Crippen LogP contribution in [0.4, 0.5) is 17.1 Å². The number of nitrogens with zero attached hydrogens (tertiary/aromatic N) is 4. The lowest BCUT2D eigenvalue weighted by Crippen LogP contribution is -2.48. The summed E-state index contributed by atoms with van der Waals surface area (Å²) in [5.41, 5.74) is 1.68. The van der Waals surface area contributed by atoms with Gasteiger partial charge in [-0.05, 0) is 37.1 Å². The minimum atomic E-state index is -3.50. The minimum Gasteiger partial charge on any atom is -0.369 e. The molecule has 29 heavy (non-hydrogen) atoms. The fourth-order valence-electron chi connectivity index (χ4n) is 4.00. The number of benzene rings is 2. The molecule has 0 saturated carbocycles. The van der Waals surface area contributed by atoms with Crippen LogP contribution >= 0.6 is 0 Å². The van der Waals surface area contributed by atoms with Gasteiger partial charge < -0.3 is 9.80 Å². The standard InChI is InChI=1S/C20H24N4O4S/c25-24(26)19-9-8-17(16-20(19)22-10-4-5-11-22)21-12-14-23(15-13-21)29(27,28)18-6-2-1-3-7-18/h1-3,6-9,16H,4-5,10-15H2. The molecule has 2 aromatic carbocycles. The number of nitro groups is 1. The van der Waals surface area contributed by atoms with E-state index < -0.39 is 10.0 Å². The van der Waals surface area contributed by atoms with Crippen molar-refractivity contribution in [2.24, 2.45) is 0 Å². The zero-order valence-corrected chi connectivity index (χ0v) is 16.9. The van der Waals surface area contributed by atoms with E-state index in [1.807, 2.05) is 6.07 Å². The molecule has 0 bridgehead atoms. The monoisotopic (exact) mass is 416 g/mol. The third-order valence-corrected chi connectivity index (χ3v) is 7.50. The maximum absolute atomic E-state index is 12.8. The number of sulfonamides is 1. The van der Waals surface area contributed by atoms with Gasteiger partial charge in [-0.15, -0.1) is 0 Å². The lowest BCUT2D eigenvalue weighted by atomic mass is 10.2. The van der Waals surface area contributed by atoms with E-state index in [2.05, 4.69) is 9.80 Å². The molecule has 0 amide bonds. The highest BCUT2D eigenvalue weighted by atomic mass is 32.2. The van der Waals surface area contributed by atoms with E-state index >= 15 is 0 Å². The second-order valence-electron chi connectivity index (χ2n) is 7.33. The normalized spacial score (nSPS) is 18.2. The van der Waals surface area contributed by atoms with Crippen LogP contribution in [0.5, 0.6) is 0 Å². The fourth-order valence-corrected chi connectivity index (χ4v) is 5.45. The second-order valence-corrected chi connectivity index (χ2v) is 9.27. The van der Waals surface area contributed by atoms with Gasteiger partial charge in [0.25, 0.3) is 5.69 Å². The van der Waals surface area contributed by atoms with Crippen molar-refractivity contribution in [1.82, 2.24) is 4.31 Å². The number of nitro benzene ring substituents is 1. The summed E-state index contributed by atoms with van der Waals surface area (Å²) in [7, 11) is -3.50. The first kappa shape index (κ1) is 19.7. The van der Waals surface area contributed by atoms with Gasteiger partial charge in [0.1, 0.15) is 5.69 Å². The maximum Gasteiger partial charge on any atom is 0.292 e. The van der Waals surface area contributed by atoms with Crippen LogP contribution in [0.15, 0.2) is 53.4 Å². The lowest BCUT2D eigenvalue weighted by Gasteiger charge is -2.35. The molecule has 0 atom stereocenters. The predicted molar refractivity (Wildman–Crippen MR) is 112 cm³/mol. The van der Waals surface area contributed by atoms with Crippen molar-refractivity contribution in [3.05, 3.63) is 58.6 Å². The molecule has 2 saturated heterocycles. The lowest BCUT2D eigenvalue weighted by molar-refractivity contribution is -0.384. The van der Waals surface area contributed by atoms with Gasteiger partial charge in [-0.1, -0.05) is 18.2 Å². The van der Waals surface area contributed by atoms with Gasteiger partial charge in [0.2, 0.25) is 10.0 Å². The number of hydrogen-bond donors (Lipinski definition) is 0. The Kier molecular flexibility index (Phi) is 5.42. The summed E-state index contributed by atoms with van der Waals surface area (Å²) < 4.78 is 27.1. The van der Waals surface area contributed by atoms with Crippen LogP contribution in [-0.2, 0) is 10.0 Å². The van der Waals surface area contributed by atoms with E-state index in [0.717, 1.165) is 31.6 Å². The highest BCUT2D eigenvalue weighted by Crippen LogP contribution is 2.35. The molecule has 0 unspecified atom stereocenters. The average Bonchev–Trinajstić information content (AvgIpc) is 3.29. The Hall–Kier alpha value is -2.65. The molecule has 4 rings (SSSR count). The molecular formula is C20H24N4O4S. The molecular weight excluding hydrogens is 392 g/mol. The van der Waals surface area contributed by atoms with Crippen molar-refractivity contribution in [1.29, 1.82) is 0 Å². The van der Waals surface area contributed by atoms with Crippen LogP contribution in [-0.4, -0.2) is 56.9 Å². The molecule has 9 heteroatoms. The van der Waals surface area contributed by atoms with Gasteiger partial charge in [0, 0.05) is 51.0 Å². The smallest absolute Gasteiger partial charge is 0.292 e. The number of anilines is 2. The van der Waals surface area contributed by atoms with Crippen molar-refractivity contribution in [3.63, 3.8) is 0 Å². The SMILES string of the molecule is O=[N+]([O-])c1ccc(N2CCN(S(=O)(=O)c3ccccc3)CC2)cc1N1CCCC1. The Bertz CT molecular complexity index is 983. The molecule has 2 aliphatic rings. The Morgan fingerprint density at radius 1 is 0.828 bits per heavy atom. The summed E-state index contributed by atoms with van der Waals surface area (Å²) in [6.07, 6.45) is 2.08. The van der Waals surface area contributed by atoms with Crippen LogP contribution < -0.4 is 9.80 Å². The first-order chi connectivity index (χ1) is 14.0. The van der Waals surface area contributed by atoms with Crippen molar-refractivity contribution < 1.29 is 13.3 Å². The van der Waals surface area contributed by atoms with E-state index in [1.54, 1.807) is 42.5 Å². The van der Waals surface area contributed by atoms with E-state index in [1.165, 1.54) is 4.31 Å². The van der Waals surface area contributed by atoms with Crippen molar-refractivity contribution in [3.8, 4) is 0 Å². The molecule has 154 valence electrons. The molecule has 2 aromatic rings. The van der Waals surface area contributed by atoms with Gasteiger partial charge in [-0.25, -0.2) is 8.42 Å². The highest BCUT2D eigenvalue weighted by Gasteiger charge is 2.29.